The third-order valence-electron chi connectivity index (χ3n) is 3.26. The summed E-state index contributed by atoms with van der Waals surface area (Å²) in [5, 5.41) is 12.4. The number of likely N-dealkylation sites (N-methyl/N-ethyl adjacent to an activating group) is 1. The average Bonchev–Trinajstić information content (AvgIpc) is 2.44. The number of anilines is 1. The predicted octanol–water partition coefficient (Wildman–Crippen LogP) is 2.09. The van der Waals surface area contributed by atoms with Crippen LogP contribution in [0.5, 0.6) is 0 Å². The number of aliphatic hydroxyl groups is 1. The Labute approximate surface area is 131 Å². The van der Waals surface area contributed by atoms with E-state index in [0.29, 0.717) is 17.4 Å². The van der Waals surface area contributed by atoms with Crippen molar-refractivity contribution in [2.75, 3.05) is 31.6 Å². The van der Waals surface area contributed by atoms with Gasteiger partial charge in [-0.25, -0.2) is 4.98 Å². The molecule has 1 amide bonds. The summed E-state index contributed by atoms with van der Waals surface area (Å²) in [7, 11) is 1.81. The molecule has 6 heteroatoms. The van der Waals surface area contributed by atoms with Crippen LogP contribution in [0.15, 0.2) is 18.3 Å². The van der Waals surface area contributed by atoms with E-state index >= 15 is 0 Å². The number of aliphatic hydroxyl groups excluding tert-OH is 1. The van der Waals surface area contributed by atoms with Crippen LogP contribution in [0.4, 0.5) is 5.82 Å². The van der Waals surface area contributed by atoms with Crippen LogP contribution in [0, 0.1) is 5.41 Å². The molecule has 2 N–H and O–H groups in total. The first-order valence-corrected chi connectivity index (χ1v) is 7.42. The second kappa shape index (κ2) is 8.20. The number of aromatic nitrogens is 1. The first-order valence-electron chi connectivity index (χ1n) is 7.04. The molecule has 0 fully saturated rings. The lowest BCUT2D eigenvalue weighted by atomic mass is 9.88. The molecular weight excluding hydrogens is 290 g/mol. The molecule has 0 spiro atoms. The maximum Gasteiger partial charge on any atom is 0.239 e. The van der Waals surface area contributed by atoms with Gasteiger partial charge in [0.25, 0.3) is 0 Å². The van der Waals surface area contributed by atoms with Crippen LogP contribution in [-0.2, 0) is 4.79 Å². The Kier molecular flexibility index (Phi) is 6.92. The fraction of sp³-hybridized carbons (Fsp3) is 0.600. The number of amides is 1. The Morgan fingerprint density at radius 3 is 2.76 bits per heavy atom. The van der Waals surface area contributed by atoms with Crippen LogP contribution in [-0.4, -0.2) is 42.7 Å². The van der Waals surface area contributed by atoms with Gasteiger partial charge in [-0.3, -0.25) is 4.79 Å². The molecule has 0 aliphatic carbocycles. The van der Waals surface area contributed by atoms with Gasteiger partial charge in [0, 0.05) is 26.4 Å². The van der Waals surface area contributed by atoms with E-state index in [2.05, 4.69) is 24.1 Å². The largest absolute Gasteiger partial charge is 0.396 e. The molecule has 1 aromatic rings. The summed E-state index contributed by atoms with van der Waals surface area (Å²) in [6.45, 7) is 5.17. The fourth-order valence-corrected chi connectivity index (χ4v) is 2.04. The highest BCUT2D eigenvalue weighted by Gasteiger charge is 2.18. The summed E-state index contributed by atoms with van der Waals surface area (Å²) in [6, 6.07) is 3.52. The lowest BCUT2D eigenvalue weighted by molar-refractivity contribution is -0.120. The highest BCUT2D eigenvalue weighted by atomic mass is 35.5. The van der Waals surface area contributed by atoms with Gasteiger partial charge in [0.05, 0.1) is 11.6 Å². The number of rotatable bonds is 8. The van der Waals surface area contributed by atoms with E-state index in [1.54, 1.807) is 23.2 Å². The Morgan fingerprint density at radius 2 is 2.19 bits per heavy atom. The normalized spacial score (nSPS) is 11.3. The van der Waals surface area contributed by atoms with E-state index in [1.165, 1.54) is 0 Å². The molecule has 1 aromatic heterocycles. The molecule has 0 atom stereocenters. The molecule has 1 rings (SSSR count). The van der Waals surface area contributed by atoms with E-state index in [1.807, 2.05) is 7.05 Å². The topological polar surface area (TPSA) is 65.5 Å². The molecular formula is C15H24ClN3O2. The van der Waals surface area contributed by atoms with Gasteiger partial charge in [0.1, 0.15) is 5.82 Å². The SMILES string of the molecule is CN(CC(=O)NCC(C)(C)CCCO)c1ccc(Cl)cn1. The van der Waals surface area contributed by atoms with Crippen LogP contribution >= 0.6 is 11.6 Å². The van der Waals surface area contributed by atoms with Gasteiger partial charge in [-0.05, 0) is 30.4 Å². The molecule has 0 saturated carbocycles. The molecule has 0 aliphatic heterocycles. The van der Waals surface area contributed by atoms with Crippen molar-refractivity contribution in [1.29, 1.82) is 0 Å². The Hall–Kier alpha value is -1.33. The minimum absolute atomic E-state index is 0.0184. The van der Waals surface area contributed by atoms with E-state index in [0.717, 1.165) is 12.8 Å². The molecule has 0 saturated heterocycles. The van der Waals surface area contributed by atoms with Gasteiger partial charge in [-0.1, -0.05) is 25.4 Å². The van der Waals surface area contributed by atoms with Crippen LogP contribution < -0.4 is 10.2 Å². The lowest BCUT2D eigenvalue weighted by Crippen LogP contribution is -2.40. The Bertz CT molecular complexity index is 449. The molecule has 0 bridgehead atoms. The standard InChI is InChI=1S/C15H24ClN3O2/c1-15(2,7-4-8-20)11-18-14(21)10-19(3)13-6-5-12(16)9-17-13/h5-6,9,20H,4,7-8,10-11H2,1-3H3,(H,18,21). The molecule has 0 aliphatic rings. The van der Waals surface area contributed by atoms with Crippen LogP contribution in [0.2, 0.25) is 5.02 Å². The average molecular weight is 314 g/mol. The van der Waals surface area contributed by atoms with Gasteiger partial charge >= 0.3 is 0 Å². The Balaban J connectivity index is 2.41. The van der Waals surface area contributed by atoms with Crippen LogP contribution in [0.25, 0.3) is 0 Å². The van der Waals surface area contributed by atoms with Gasteiger partial charge in [0.15, 0.2) is 0 Å². The van der Waals surface area contributed by atoms with Crippen molar-refractivity contribution in [3.63, 3.8) is 0 Å². The number of halogens is 1. The van der Waals surface area contributed by atoms with E-state index in [-0.39, 0.29) is 24.5 Å². The predicted molar refractivity (Wildman–Crippen MR) is 85.6 cm³/mol. The number of nitrogens with one attached hydrogen (secondary N) is 1. The second-order valence-electron chi connectivity index (χ2n) is 5.96. The van der Waals surface area contributed by atoms with Crippen molar-refractivity contribution < 1.29 is 9.90 Å². The second-order valence-corrected chi connectivity index (χ2v) is 6.40. The third-order valence-corrected chi connectivity index (χ3v) is 3.48. The van der Waals surface area contributed by atoms with E-state index < -0.39 is 0 Å². The fourth-order valence-electron chi connectivity index (χ4n) is 1.93. The zero-order valence-corrected chi connectivity index (χ0v) is 13.7. The van der Waals surface area contributed by atoms with Crippen LogP contribution in [0.3, 0.4) is 0 Å². The monoisotopic (exact) mass is 313 g/mol. The van der Waals surface area contributed by atoms with Crippen molar-refractivity contribution in [2.24, 2.45) is 5.41 Å². The molecule has 1 heterocycles. The first kappa shape index (κ1) is 17.7. The lowest BCUT2D eigenvalue weighted by Gasteiger charge is -2.25. The molecule has 118 valence electrons. The highest BCUT2D eigenvalue weighted by molar-refractivity contribution is 6.30. The quantitative estimate of drug-likeness (QED) is 0.771. The number of hydrogen-bond donors (Lipinski definition) is 2. The zero-order valence-electron chi connectivity index (χ0n) is 12.9. The van der Waals surface area contributed by atoms with Gasteiger partial charge in [0.2, 0.25) is 5.91 Å². The minimum Gasteiger partial charge on any atom is -0.396 e. The molecule has 0 radical (unpaired) electrons. The van der Waals surface area contributed by atoms with Gasteiger partial charge < -0.3 is 15.3 Å². The van der Waals surface area contributed by atoms with Crippen molar-refractivity contribution >= 4 is 23.3 Å². The van der Waals surface area contributed by atoms with Crippen LogP contribution in [0.1, 0.15) is 26.7 Å². The first-order chi connectivity index (χ1) is 9.84. The van der Waals surface area contributed by atoms with Crippen molar-refractivity contribution in [3.05, 3.63) is 23.4 Å². The molecule has 21 heavy (non-hydrogen) atoms. The summed E-state index contributed by atoms with van der Waals surface area (Å²) in [5.41, 5.74) is -0.0184. The maximum atomic E-state index is 12.0. The number of hydrogen-bond acceptors (Lipinski definition) is 4. The number of carbonyl (C=O) groups excluding carboxylic acids is 1. The zero-order chi connectivity index (χ0) is 15.9. The van der Waals surface area contributed by atoms with Crippen molar-refractivity contribution in [3.8, 4) is 0 Å². The molecule has 0 aromatic carbocycles. The summed E-state index contributed by atoms with van der Waals surface area (Å²) >= 11 is 5.79. The number of pyridine rings is 1. The summed E-state index contributed by atoms with van der Waals surface area (Å²) in [4.78, 5) is 17.9. The molecule has 0 unspecified atom stereocenters. The Morgan fingerprint density at radius 1 is 1.48 bits per heavy atom. The summed E-state index contributed by atoms with van der Waals surface area (Å²) in [5.74, 6) is 0.653. The van der Waals surface area contributed by atoms with Gasteiger partial charge in [-0.15, -0.1) is 0 Å². The van der Waals surface area contributed by atoms with Gasteiger partial charge in [-0.2, -0.15) is 0 Å². The number of carbonyl (C=O) groups is 1. The van der Waals surface area contributed by atoms with E-state index in [4.69, 9.17) is 16.7 Å². The van der Waals surface area contributed by atoms with E-state index in [9.17, 15) is 4.79 Å². The molecule has 5 nitrogen and oxygen atoms in total. The minimum atomic E-state index is -0.0497. The summed E-state index contributed by atoms with van der Waals surface area (Å²) in [6.07, 6.45) is 3.18. The third kappa shape index (κ3) is 6.78. The highest BCUT2D eigenvalue weighted by Crippen LogP contribution is 2.20. The smallest absolute Gasteiger partial charge is 0.239 e. The van der Waals surface area contributed by atoms with Crippen molar-refractivity contribution in [2.45, 2.75) is 26.7 Å². The summed E-state index contributed by atoms with van der Waals surface area (Å²) < 4.78 is 0. The number of nitrogens with zero attached hydrogens (tertiary/aromatic N) is 2. The van der Waals surface area contributed by atoms with Crippen molar-refractivity contribution in [1.82, 2.24) is 10.3 Å². The maximum absolute atomic E-state index is 12.0.